The molecule has 1 aliphatic rings. The molecule has 30 heavy (non-hydrogen) atoms. The molecule has 0 unspecified atom stereocenters. The van der Waals surface area contributed by atoms with Crippen molar-refractivity contribution in [2.45, 2.75) is 18.9 Å². The molecule has 1 amide bonds. The molecule has 1 aliphatic heterocycles. The van der Waals surface area contributed by atoms with E-state index in [0.29, 0.717) is 5.56 Å². The third-order valence-electron chi connectivity index (χ3n) is 5.70. The summed E-state index contributed by atoms with van der Waals surface area (Å²) in [7, 11) is 2.14. The van der Waals surface area contributed by atoms with Gasteiger partial charge >= 0.3 is 0 Å². The molecule has 1 atom stereocenters. The highest BCUT2D eigenvalue weighted by Crippen LogP contribution is 2.33. The predicted octanol–water partition coefficient (Wildman–Crippen LogP) is 4.62. The number of nitrogens with one attached hydrogen (secondary N) is 1. The van der Waals surface area contributed by atoms with E-state index in [0.717, 1.165) is 30.6 Å². The highest BCUT2D eigenvalue weighted by atomic mass is 16.6. The first-order chi connectivity index (χ1) is 14.5. The molecule has 6 heteroatoms. The van der Waals surface area contributed by atoms with Crippen LogP contribution in [0.5, 0.6) is 0 Å². The van der Waals surface area contributed by atoms with Gasteiger partial charge in [0.25, 0.3) is 11.6 Å². The fourth-order valence-electron chi connectivity index (χ4n) is 4.00. The number of hydrogen-bond donors (Lipinski definition) is 1. The molecular weight excluding hydrogens is 378 g/mol. The standard InChI is InChI=1S/C24H23N3O3/c1-26-15-14-17-6-2-4-8-21(17)23(26)16-19-7-3-5-9-22(19)25-24(28)18-10-12-20(13-11-18)27(29)30/h2-13,23H,14-16H2,1H3,(H,25,28)/t23-/m1/s1. The Balaban J connectivity index is 1.56. The van der Waals surface area contributed by atoms with Crippen LogP contribution >= 0.6 is 0 Å². The number of benzene rings is 3. The lowest BCUT2D eigenvalue weighted by Crippen LogP contribution is -2.33. The van der Waals surface area contributed by atoms with Gasteiger partial charge in [0.2, 0.25) is 0 Å². The zero-order valence-electron chi connectivity index (χ0n) is 16.7. The summed E-state index contributed by atoms with van der Waals surface area (Å²) in [5.41, 5.74) is 4.89. The Morgan fingerprint density at radius 2 is 1.77 bits per heavy atom. The first kappa shape index (κ1) is 19.8. The number of para-hydroxylation sites is 1. The topological polar surface area (TPSA) is 75.5 Å². The lowest BCUT2D eigenvalue weighted by atomic mass is 9.88. The van der Waals surface area contributed by atoms with Crippen molar-refractivity contribution in [3.63, 3.8) is 0 Å². The average molecular weight is 401 g/mol. The molecule has 152 valence electrons. The summed E-state index contributed by atoms with van der Waals surface area (Å²) < 4.78 is 0. The maximum atomic E-state index is 12.7. The van der Waals surface area contributed by atoms with Gasteiger partial charge in [0.15, 0.2) is 0 Å². The van der Waals surface area contributed by atoms with E-state index in [4.69, 9.17) is 0 Å². The number of nitro groups is 1. The molecule has 0 spiro atoms. The number of non-ortho nitro benzene ring substituents is 1. The first-order valence-corrected chi connectivity index (χ1v) is 9.94. The molecule has 3 aromatic carbocycles. The lowest BCUT2D eigenvalue weighted by Gasteiger charge is -2.35. The van der Waals surface area contributed by atoms with E-state index >= 15 is 0 Å². The largest absolute Gasteiger partial charge is 0.322 e. The van der Waals surface area contributed by atoms with Crippen LogP contribution in [0.15, 0.2) is 72.8 Å². The number of amides is 1. The van der Waals surface area contributed by atoms with Crippen LogP contribution in [0.3, 0.4) is 0 Å². The van der Waals surface area contributed by atoms with Crippen LogP contribution in [0.4, 0.5) is 11.4 Å². The number of nitro benzene ring substituents is 1. The fraction of sp³-hybridized carbons (Fsp3) is 0.208. The molecule has 0 aliphatic carbocycles. The van der Waals surface area contributed by atoms with E-state index in [1.54, 1.807) is 0 Å². The van der Waals surface area contributed by atoms with Crippen molar-refractivity contribution in [1.82, 2.24) is 4.90 Å². The van der Waals surface area contributed by atoms with Crippen LogP contribution in [0, 0.1) is 10.1 Å². The molecule has 0 aromatic heterocycles. The lowest BCUT2D eigenvalue weighted by molar-refractivity contribution is -0.384. The van der Waals surface area contributed by atoms with Gasteiger partial charge < -0.3 is 5.32 Å². The second kappa shape index (κ2) is 8.47. The highest BCUT2D eigenvalue weighted by Gasteiger charge is 2.25. The van der Waals surface area contributed by atoms with E-state index in [9.17, 15) is 14.9 Å². The smallest absolute Gasteiger partial charge is 0.269 e. The third kappa shape index (κ3) is 4.09. The fourth-order valence-corrected chi connectivity index (χ4v) is 4.00. The number of carbonyl (C=O) groups excluding carboxylic acids is 1. The average Bonchev–Trinajstić information content (AvgIpc) is 2.77. The quantitative estimate of drug-likeness (QED) is 0.500. The van der Waals surface area contributed by atoms with E-state index < -0.39 is 4.92 Å². The van der Waals surface area contributed by atoms with E-state index in [1.807, 2.05) is 24.3 Å². The van der Waals surface area contributed by atoms with Gasteiger partial charge in [0.05, 0.1) is 4.92 Å². The van der Waals surface area contributed by atoms with Crippen LogP contribution in [0.2, 0.25) is 0 Å². The van der Waals surface area contributed by atoms with Gasteiger partial charge in [0.1, 0.15) is 0 Å². The predicted molar refractivity (Wildman–Crippen MR) is 117 cm³/mol. The maximum Gasteiger partial charge on any atom is 0.269 e. The number of likely N-dealkylation sites (N-methyl/N-ethyl adjacent to an activating group) is 1. The van der Waals surface area contributed by atoms with Gasteiger partial charge in [-0.25, -0.2) is 0 Å². The van der Waals surface area contributed by atoms with E-state index in [2.05, 4.69) is 41.5 Å². The SMILES string of the molecule is CN1CCc2ccccc2[C@H]1Cc1ccccc1NC(=O)c1ccc([N+](=O)[O-])cc1. The number of fused-ring (bicyclic) bond motifs is 1. The Hall–Kier alpha value is -3.51. The number of hydrogen-bond acceptors (Lipinski definition) is 4. The molecule has 0 bridgehead atoms. The van der Waals surface area contributed by atoms with E-state index in [1.165, 1.54) is 35.4 Å². The van der Waals surface area contributed by atoms with Gasteiger partial charge in [-0.3, -0.25) is 19.8 Å². The monoisotopic (exact) mass is 401 g/mol. The Morgan fingerprint density at radius 1 is 1.07 bits per heavy atom. The molecule has 0 saturated heterocycles. The molecule has 3 aromatic rings. The summed E-state index contributed by atoms with van der Waals surface area (Å²) in [6.07, 6.45) is 1.83. The number of rotatable bonds is 5. The molecule has 0 saturated carbocycles. The molecular formula is C24H23N3O3. The summed E-state index contributed by atoms with van der Waals surface area (Å²) in [6.45, 7) is 0.999. The Kier molecular flexibility index (Phi) is 5.59. The summed E-state index contributed by atoms with van der Waals surface area (Å²) in [6, 6.07) is 22.2. The molecule has 1 N–H and O–H groups in total. The van der Waals surface area contributed by atoms with Gasteiger partial charge in [-0.2, -0.15) is 0 Å². The van der Waals surface area contributed by atoms with Crippen LogP contribution in [0.1, 0.15) is 33.1 Å². The normalized spacial score (nSPS) is 16.0. The van der Waals surface area contributed by atoms with Crippen molar-refractivity contribution in [2.24, 2.45) is 0 Å². The van der Waals surface area contributed by atoms with E-state index in [-0.39, 0.29) is 17.6 Å². The van der Waals surface area contributed by atoms with Crippen molar-refractivity contribution in [3.8, 4) is 0 Å². The minimum Gasteiger partial charge on any atom is -0.322 e. The Labute approximate surface area is 175 Å². The molecule has 6 nitrogen and oxygen atoms in total. The molecule has 0 fully saturated rings. The van der Waals surface area contributed by atoms with Crippen LogP contribution < -0.4 is 5.32 Å². The van der Waals surface area contributed by atoms with Crippen molar-refractivity contribution >= 4 is 17.3 Å². The Bertz CT molecular complexity index is 1080. The number of nitrogens with zero attached hydrogens (tertiary/aromatic N) is 2. The summed E-state index contributed by atoms with van der Waals surface area (Å²) in [4.78, 5) is 25.4. The maximum absolute atomic E-state index is 12.7. The van der Waals surface area contributed by atoms with Gasteiger partial charge in [-0.05, 0) is 54.8 Å². The molecule has 1 heterocycles. The van der Waals surface area contributed by atoms with Gasteiger partial charge in [-0.15, -0.1) is 0 Å². The molecule has 0 radical (unpaired) electrons. The zero-order valence-corrected chi connectivity index (χ0v) is 16.7. The summed E-state index contributed by atoms with van der Waals surface area (Å²) >= 11 is 0. The highest BCUT2D eigenvalue weighted by molar-refractivity contribution is 6.04. The first-order valence-electron chi connectivity index (χ1n) is 9.94. The van der Waals surface area contributed by atoms with Gasteiger partial charge in [0, 0.05) is 36.0 Å². The minimum absolute atomic E-state index is 0.0362. The third-order valence-corrected chi connectivity index (χ3v) is 5.70. The number of carbonyl (C=O) groups is 1. The van der Waals surface area contributed by atoms with Crippen LogP contribution in [-0.2, 0) is 12.8 Å². The van der Waals surface area contributed by atoms with Crippen molar-refractivity contribution in [2.75, 3.05) is 18.9 Å². The van der Waals surface area contributed by atoms with Crippen molar-refractivity contribution < 1.29 is 9.72 Å². The second-order valence-electron chi connectivity index (χ2n) is 7.56. The second-order valence-corrected chi connectivity index (χ2v) is 7.56. The number of anilines is 1. The van der Waals surface area contributed by atoms with Crippen LogP contribution in [-0.4, -0.2) is 29.3 Å². The minimum atomic E-state index is -0.477. The molecule has 4 rings (SSSR count). The van der Waals surface area contributed by atoms with Crippen molar-refractivity contribution in [1.29, 1.82) is 0 Å². The van der Waals surface area contributed by atoms with Crippen LogP contribution in [0.25, 0.3) is 0 Å². The van der Waals surface area contributed by atoms with Crippen molar-refractivity contribution in [3.05, 3.63) is 105 Å². The van der Waals surface area contributed by atoms with Gasteiger partial charge in [-0.1, -0.05) is 42.5 Å². The Morgan fingerprint density at radius 3 is 2.53 bits per heavy atom. The zero-order chi connectivity index (χ0) is 21.1. The summed E-state index contributed by atoms with van der Waals surface area (Å²) in [5, 5.41) is 13.8. The summed E-state index contributed by atoms with van der Waals surface area (Å²) in [5.74, 6) is -0.283.